The number of aromatic nitrogens is 3. The van der Waals surface area contributed by atoms with Crippen molar-refractivity contribution in [3.8, 4) is 11.3 Å². The number of likely N-dealkylation sites (tertiary alicyclic amines) is 1. The Morgan fingerprint density at radius 3 is 2.48 bits per heavy atom. The summed E-state index contributed by atoms with van der Waals surface area (Å²) in [6.45, 7) is 2.38. The maximum Gasteiger partial charge on any atom is 0.253 e. The molecule has 0 atom stereocenters. The van der Waals surface area contributed by atoms with Gasteiger partial charge >= 0.3 is 0 Å². The van der Waals surface area contributed by atoms with E-state index in [0.29, 0.717) is 6.54 Å². The third-order valence-corrected chi connectivity index (χ3v) is 6.37. The van der Waals surface area contributed by atoms with E-state index in [0.717, 1.165) is 64.8 Å². The minimum absolute atomic E-state index is 0.114. The fourth-order valence-electron chi connectivity index (χ4n) is 4.31. The molecule has 0 unspecified atom stereocenters. The minimum atomic E-state index is 0.114. The topological polar surface area (TPSA) is 53.7 Å². The van der Waals surface area contributed by atoms with Gasteiger partial charge in [-0.15, -0.1) is 0 Å². The Labute approximate surface area is 198 Å². The number of hydrogen-bond acceptors (Lipinski definition) is 4. The van der Waals surface area contributed by atoms with E-state index in [1.807, 2.05) is 77.3 Å². The summed E-state index contributed by atoms with van der Waals surface area (Å²) in [5.74, 6) is 0.906. The number of nitrogens with zero attached hydrogens (tertiary/aromatic N) is 5. The summed E-state index contributed by atoms with van der Waals surface area (Å²) >= 11 is 6.03. The summed E-state index contributed by atoms with van der Waals surface area (Å²) in [6, 6.07) is 15.6. The highest BCUT2D eigenvalue weighted by Crippen LogP contribution is 2.26. The minimum Gasteiger partial charge on any atom is -0.352 e. The lowest BCUT2D eigenvalue weighted by molar-refractivity contribution is 0.0724. The highest BCUT2D eigenvalue weighted by molar-refractivity contribution is 6.30. The predicted octanol–water partition coefficient (Wildman–Crippen LogP) is 5.31. The maximum atomic E-state index is 12.8. The number of rotatable bonds is 5. The van der Waals surface area contributed by atoms with Crippen LogP contribution < -0.4 is 4.90 Å². The van der Waals surface area contributed by atoms with Gasteiger partial charge in [-0.2, -0.15) is 0 Å². The van der Waals surface area contributed by atoms with E-state index in [1.54, 1.807) is 6.20 Å². The summed E-state index contributed by atoms with van der Waals surface area (Å²) < 4.78 is 1.99. The molecule has 5 rings (SSSR count). The number of piperidine rings is 1. The van der Waals surface area contributed by atoms with Gasteiger partial charge in [0.15, 0.2) is 11.5 Å². The van der Waals surface area contributed by atoms with Crippen molar-refractivity contribution < 1.29 is 4.79 Å². The first-order valence-corrected chi connectivity index (χ1v) is 11.7. The van der Waals surface area contributed by atoms with Gasteiger partial charge in [-0.3, -0.25) is 4.79 Å². The Bertz CT molecular complexity index is 1260. The van der Waals surface area contributed by atoms with Gasteiger partial charge in [0, 0.05) is 61.4 Å². The van der Waals surface area contributed by atoms with E-state index in [-0.39, 0.29) is 5.91 Å². The van der Waals surface area contributed by atoms with Crippen molar-refractivity contribution in [2.45, 2.75) is 25.8 Å². The predicted molar refractivity (Wildman–Crippen MR) is 132 cm³/mol. The fraction of sp³-hybridized carbons (Fsp3) is 0.269. The van der Waals surface area contributed by atoms with Gasteiger partial charge in [0.1, 0.15) is 0 Å². The van der Waals surface area contributed by atoms with Gasteiger partial charge < -0.3 is 14.2 Å². The van der Waals surface area contributed by atoms with E-state index >= 15 is 0 Å². The smallest absolute Gasteiger partial charge is 0.253 e. The lowest BCUT2D eigenvalue weighted by Crippen LogP contribution is -2.35. The van der Waals surface area contributed by atoms with Crippen LogP contribution in [0.15, 0.2) is 67.1 Å². The number of anilines is 1. The molecule has 2 aromatic heterocycles. The second-order valence-corrected chi connectivity index (χ2v) is 8.96. The Balaban J connectivity index is 1.42. The van der Waals surface area contributed by atoms with Crippen molar-refractivity contribution in [2.24, 2.45) is 0 Å². The van der Waals surface area contributed by atoms with Crippen LogP contribution in [-0.4, -0.2) is 45.3 Å². The van der Waals surface area contributed by atoms with Crippen LogP contribution in [-0.2, 0) is 6.54 Å². The normalized spacial score (nSPS) is 13.9. The van der Waals surface area contributed by atoms with Gasteiger partial charge in [-0.25, -0.2) is 9.97 Å². The Hall–Kier alpha value is -3.38. The third-order valence-electron chi connectivity index (χ3n) is 6.12. The van der Waals surface area contributed by atoms with E-state index < -0.39 is 0 Å². The largest absolute Gasteiger partial charge is 0.352 e. The standard InChI is InChI=1S/C26H26ClN5O/c1-30(17-19-5-11-22(27)12-6-19)25-24-28-13-16-32(24)18-23(29-25)20-7-9-21(10-8-20)26(33)31-14-3-2-4-15-31/h5-13,16,18H,2-4,14-15,17H2,1H3. The van der Waals surface area contributed by atoms with Crippen molar-refractivity contribution in [1.82, 2.24) is 19.3 Å². The van der Waals surface area contributed by atoms with Gasteiger partial charge in [0.05, 0.1) is 5.69 Å². The first-order chi connectivity index (χ1) is 16.1. The Morgan fingerprint density at radius 1 is 1.03 bits per heavy atom. The summed E-state index contributed by atoms with van der Waals surface area (Å²) in [5, 5.41) is 0.722. The number of halogens is 1. The fourth-order valence-corrected chi connectivity index (χ4v) is 4.44. The number of imidazole rings is 1. The molecule has 1 fully saturated rings. The first-order valence-electron chi connectivity index (χ1n) is 11.3. The Kier molecular flexibility index (Phi) is 6.01. The van der Waals surface area contributed by atoms with Crippen LogP contribution in [0, 0.1) is 0 Å². The molecular weight excluding hydrogens is 434 g/mol. The van der Waals surface area contributed by atoms with Crippen molar-refractivity contribution in [2.75, 3.05) is 25.0 Å². The molecular formula is C26H26ClN5O. The summed E-state index contributed by atoms with van der Waals surface area (Å²) in [5.41, 5.74) is 4.45. The van der Waals surface area contributed by atoms with Crippen molar-refractivity contribution in [3.63, 3.8) is 0 Å². The molecule has 6 nitrogen and oxygen atoms in total. The SMILES string of the molecule is CN(Cc1ccc(Cl)cc1)c1nc(-c2ccc(C(=O)N3CCCCC3)cc2)cn2ccnc12. The number of amides is 1. The van der Waals surface area contributed by atoms with Gasteiger partial charge in [-0.1, -0.05) is 35.9 Å². The molecule has 1 aliphatic heterocycles. The van der Waals surface area contributed by atoms with Crippen molar-refractivity contribution in [3.05, 3.63) is 83.3 Å². The molecule has 0 N–H and O–H groups in total. The molecule has 3 heterocycles. The van der Waals surface area contributed by atoms with Gasteiger partial charge in [0.25, 0.3) is 5.91 Å². The monoisotopic (exact) mass is 459 g/mol. The molecule has 0 saturated carbocycles. The van der Waals surface area contributed by atoms with Gasteiger partial charge in [0.2, 0.25) is 0 Å². The summed E-state index contributed by atoms with van der Waals surface area (Å²) in [6.07, 6.45) is 9.06. The first kappa shape index (κ1) is 21.5. The average molecular weight is 460 g/mol. The molecule has 4 aromatic rings. The lowest BCUT2D eigenvalue weighted by Gasteiger charge is -2.26. The van der Waals surface area contributed by atoms with Crippen molar-refractivity contribution >= 4 is 29.0 Å². The number of carbonyl (C=O) groups is 1. The Morgan fingerprint density at radius 2 is 1.76 bits per heavy atom. The number of hydrogen-bond donors (Lipinski definition) is 0. The van der Waals surface area contributed by atoms with E-state index in [9.17, 15) is 4.79 Å². The zero-order valence-corrected chi connectivity index (χ0v) is 19.4. The maximum absolute atomic E-state index is 12.8. The molecule has 0 aliphatic carbocycles. The zero-order chi connectivity index (χ0) is 22.8. The van der Waals surface area contributed by atoms with Crippen LogP contribution in [0.2, 0.25) is 5.02 Å². The molecule has 1 saturated heterocycles. The van der Waals surface area contributed by atoms with Crippen LogP contribution in [0.1, 0.15) is 35.2 Å². The molecule has 2 aromatic carbocycles. The van der Waals surface area contributed by atoms with E-state index in [1.165, 1.54) is 6.42 Å². The molecule has 1 aliphatic rings. The average Bonchev–Trinajstić information content (AvgIpc) is 3.34. The second kappa shape index (κ2) is 9.24. The molecule has 0 spiro atoms. The molecule has 1 amide bonds. The van der Waals surface area contributed by atoms with Crippen molar-refractivity contribution in [1.29, 1.82) is 0 Å². The summed E-state index contributed by atoms with van der Waals surface area (Å²) in [4.78, 5) is 26.3. The molecule has 0 bridgehead atoms. The van der Waals surface area contributed by atoms with Crippen LogP contribution >= 0.6 is 11.6 Å². The quantitative estimate of drug-likeness (QED) is 0.405. The van der Waals surface area contributed by atoms with Crippen LogP contribution in [0.4, 0.5) is 5.82 Å². The van der Waals surface area contributed by atoms with E-state index in [2.05, 4.69) is 9.88 Å². The number of benzene rings is 2. The van der Waals surface area contributed by atoms with Gasteiger partial charge in [-0.05, 0) is 49.1 Å². The summed E-state index contributed by atoms with van der Waals surface area (Å²) in [7, 11) is 2.01. The highest BCUT2D eigenvalue weighted by Gasteiger charge is 2.19. The van der Waals surface area contributed by atoms with Crippen LogP contribution in [0.5, 0.6) is 0 Å². The zero-order valence-electron chi connectivity index (χ0n) is 18.6. The molecule has 7 heteroatoms. The lowest BCUT2D eigenvalue weighted by atomic mass is 10.1. The van der Waals surface area contributed by atoms with Crippen LogP contribution in [0.25, 0.3) is 16.9 Å². The molecule has 0 radical (unpaired) electrons. The van der Waals surface area contributed by atoms with Crippen LogP contribution in [0.3, 0.4) is 0 Å². The number of carbonyl (C=O) groups excluding carboxylic acids is 1. The van der Waals surface area contributed by atoms with E-state index in [4.69, 9.17) is 16.6 Å². The third kappa shape index (κ3) is 4.57. The second-order valence-electron chi connectivity index (χ2n) is 8.52. The molecule has 33 heavy (non-hydrogen) atoms. The number of fused-ring (bicyclic) bond motifs is 1. The highest BCUT2D eigenvalue weighted by atomic mass is 35.5. The molecule has 168 valence electrons.